The topological polar surface area (TPSA) is 126 Å². The summed E-state index contributed by atoms with van der Waals surface area (Å²) in [6, 6.07) is 1.09. The Morgan fingerprint density at radius 3 is 2.62 bits per heavy atom. The number of hydrogen-bond donors (Lipinski definition) is 3. The fourth-order valence-corrected chi connectivity index (χ4v) is 1.86. The van der Waals surface area contributed by atoms with E-state index in [9.17, 15) is 20.0 Å². The molecule has 1 rings (SSSR count). The minimum absolute atomic E-state index is 0.0454. The van der Waals surface area contributed by atoms with Crippen molar-refractivity contribution in [3.05, 3.63) is 27.9 Å². The molecule has 0 fully saturated rings. The minimum atomic E-state index is -1.40. The quantitative estimate of drug-likeness (QED) is 0.540. The van der Waals surface area contributed by atoms with E-state index < -0.39 is 28.2 Å². The van der Waals surface area contributed by atoms with Crippen LogP contribution in [0.25, 0.3) is 0 Å². The van der Waals surface area contributed by atoms with Gasteiger partial charge in [0.15, 0.2) is 0 Å². The first-order valence-corrected chi connectivity index (χ1v) is 6.40. The van der Waals surface area contributed by atoms with E-state index in [4.69, 9.17) is 5.11 Å². The van der Waals surface area contributed by atoms with Crippen LogP contribution in [0.3, 0.4) is 0 Å². The summed E-state index contributed by atoms with van der Waals surface area (Å²) >= 11 is 0. The van der Waals surface area contributed by atoms with Gasteiger partial charge in [0.2, 0.25) is 0 Å². The van der Waals surface area contributed by atoms with Gasteiger partial charge in [-0.2, -0.15) is 0 Å². The van der Waals surface area contributed by atoms with Crippen LogP contribution in [-0.4, -0.2) is 38.7 Å². The second-order valence-corrected chi connectivity index (χ2v) is 5.95. The van der Waals surface area contributed by atoms with Gasteiger partial charge in [0.05, 0.1) is 11.0 Å². The highest BCUT2D eigenvalue weighted by Crippen LogP contribution is 2.22. The summed E-state index contributed by atoms with van der Waals surface area (Å²) < 4.78 is 0. The number of aromatic nitrogens is 1. The molecule has 0 aliphatic rings. The van der Waals surface area contributed by atoms with Gasteiger partial charge in [-0.3, -0.25) is 10.1 Å². The van der Waals surface area contributed by atoms with Gasteiger partial charge in [-0.1, -0.05) is 20.8 Å². The summed E-state index contributed by atoms with van der Waals surface area (Å²) in [6.45, 7) is 6.15. The van der Waals surface area contributed by atoms with Crippen molar-refractivity contribution in [1.82, 2.24) is 4.98 Å². The third kappa shape index (κ3) is 5.35. The van der Waals surface area contributed by atoms with Crippen molar-refractivity contribution in [2.45, 2.75) is 33.3 Å². The van der Waals surface area contributed by atoms with Gasteiger partial charge in [-0.05, 0) is 11.8 Å². The van der Waals surface area contributed by atoms with Crippen molar-refractivity contribution in [3.63, 3.8) is 0 Å². The van der Waals surface area contributed by atoms with Crippen LogP contribution in [0.5, 0.6) is 0 Å². The highest BCUT2D eigenvalue weighted by molar-refractivity contribution is 5.93. The summed E-state index contributed by atoms with van der Waals surface area (Å²) in [7, 11) is 0. The van der Waals surface area contributed by atoms with Crippen molar-refractivity contribution in [1.29, 1.82) is 0 Å². The summed E-state index contributed by atoms with van der Waals surface area (Å²) in [4.78, 5) is 24.7. The van der Waals surface area contributed by atoms with Gasteiger partial charge in [0, 0.05) is 12.6 Å². The first kappa shape index (κ1) is 16.8. The molecule has 0 spiro atoms. The van der Waals surface area contributed by atoms with Gasteiger partial charge in [0.1, 0.15) is 17.6 Å². The minimum Gasteiger partial charge on any atom is -0.477 e. The standard InChI is InChI=1S/C13H19N3O5/c1-13(2,3)5-8(17)6-14-11-4-9(12(18)19)10(7-15-11)16(20)21/h4,7-8,17H,5-6H2,1-3H3,(H,14,15)(H,18,19). The molecular weight excluding hydrogens is 278 g/mol. The molecule has 0 saturated heterocycles. The van der Waals surface area contributed by atoms with Gasteiger partial charge >= 0.3 is 11.7 Å². The monoisotopic (exact) mass is 297 g/mol. The maximum Gasteiger partial charge on any atom is 0.342 e. The smallest absolute Gasteiger partial charge is 0.342 e. The highest BCUT2D eigenvalue weighted by Gasteiger charge is 2.21. The van der Waals surface area contributed by atoms with Crippen molar-refractivity contribution in [2.75, 3.05) is 11.9 Å². The first-order valence-electron chi connectivity index (χ1n) is 6.40. The molecule has 3 N–H and O–H groups in total. The molecule has 1 unspecified atom stereocenters. The molecule has 8 heteroatoms. The average Bonchev–Trinajstić information content (AvgIpc) is 2.33. The number of aromatic carboxylic acids is 1. The molecule has 0 aromatic carbocycles. The molecule has 1 aromatic heterocycles. The van der Waals surface area contributed by atoms with Crippen LogP contribution in [0.2, 0.25) is 0 Å². The SMILES string of the molecule is CC(C)(C)CC(O)CNc1cc(C(=O)O)c([N+](=O)[O-])cn1. The van der Waals surface area contributed by atoms with E-state index in [1.54, 1.807) is 0 Å². The number of nitro groups is 1. The molecule has 0 saturated carbocycles. The number of nitrogens with one attached hydrogen (secondary N) is 1. The lowest BCUT2D eigenvalue weighted by Gasteiger charge is -2.22. The third-order valence-corrected chi connectivity index (χ3v) is 2.68. The summed E-state index contributed by atoms with van der Waals surface area (Å²) in [5.41, 5.74) is -1.05. The van der Waals surface area contributed by atoms with Crippen LogP contribution in [0, 0.1) is 15.5 Å². The molecule has 0 amide bonds. The zero-order valence-corrected chi connectivity index (χ0v) is 12.2. The predicted molar refractivity (Wildman–Crippen MR) is 76.4 cm³/mol. The summed E-state index contributed by atoms with van der Waals surface area (Å²) in [6.07, 6.45) is 0.816. The molecule has 1 heterocycles. The molecule has 1 aromatic rings. The van der Waals surface area contributed by atoms with E-state index in [0.717, 1.165) is 12.3 Å². The number of anilines is 1. The Bertz CT molecular complexity index is 539. The second kappa shape index (κ2) is 6.49. The van der Waals surface area contributed by atoms with Crippen molar-refractivity contribution >= 4 is 17.5 Å². The maximum atomic E-state index is 11.0. The lowest BCUT2D eigenvalue weighted by molar-refractivity contribution is -0.385. The Morgan fingerprint density at radius 2 is 2.14 bits per heavy atom. The van der Waals surface area contributed by atoms with Crippen molar-refractivity contribution in [3.8, 4) is 0 Å². The van der Waals surface area contributed by atoms with E-state index in [0.29, 0.717) is 6.42 Å². The number of carbonyl (C=O) groups is 1. The molecule has 0 bridgehead atoms. The Kier molecular flexibility index (Phi) is 5.20. The van der Waals surface area contributed by atoms with Crippen LogP contribution in [-0.2, 0) is 0 Å². The van der Waals surface area contributed by atoms with Crippen LogP contribution >= 0.6 is 0 Å². The Labute approximate surface area is 122 Å². The molecule has 0 aliphatic carbocycles. The van der Waals surface area contributed by atoms with Gasteiger partial charge < -0.3 is 15.5 Å². The van der Waals surface area contributed by atoms with E-state index in [1.165, 1.54) is 0 Å². The van der Waals surface area contributed by atoms with E-state index in [2.05, 4.69) is 10.3 Å². The number of carboxylic acids is 1. The molecule has 116 valence electrons. The third-order valence-electron chi connectivity index (χ3n) is 2.68. The fourth-order valence-electron chi connectivity index (χ4n) is 1.86. The maximum absolute atomic E-state index is 11.0. The van der Waals surface area contributed by atoms with Crippen LogP contribution in [0.15, 0.2) is 12.3 Å². The summed E-state index contributed by atoms with van der Waals surface area (Å²) in [5.74, 6) is -1.23. The Balaban J connectivity index is 2.79. The number of pyridine rings is 1. The predicted octanol–water partition coefficient (Wildman–Crippen LogP) is 1.90. The van der Waals surface area contributed by atoms with Crippen LogP contribution in [0.1, 0.15) is 37.6 Å². The number of nitrogens with zero attached hydrogens (tertiary/aromatic N) is 2. The average molecular weight is 297 g/mol. The lowest BCUT2D eigenvalue weighted by atomic mass is 9.89. The van der Waals surface area contributed by atoms with Crippen molar-refractivity contribution in [2.24, 2.45) is 5.41 Å². The zero-order valence-electron chi connectivity index (χ0n) is 12.2. The zero-order chi connectivity index (χ0) is 16.2. The molecule has 21 heavy (non-hydrogen) atoms. The van der Waals surface area contributed by atoms with Gasteiger partial charge in [0.25, 0.3) is 0 Å². The molecular formula is C13H19N3O5. The Morgan fingerprint density at radius 1 is 1.52 bits per heavy atom. The van der Waals surface area contributed by atoms with Gasteiger partial charge in [-0.15, -0.1) is 0 Å². The van der Waals surface area contributed by atoms with E-state index in [-0.39, 0.29) is 17.8 Å². The van der Waals surface area contributed by atoms with E-state index in [1.807, 2.05) is 20.8 Å². The first-order chi connectivity index (χ1) is 9.60. The molecule has 0 aliphatic heterocycles. The molecule has 1 atom stereocenters. The van der Waals surface area contributed by atoms with Crippen molar-refractivity contribution < 1.29 is 19.9 Å². The summed E-state index contributed by atoms with van der Waals surface area (Å²) in [5, 5.41) is 32.3. The van der Waals surface area contributed by atoms with Gasteiger partial charge in [-0.25, -0.2) is 9.78 Å². The Hall–Kier alpha value is -2.22. The second-order valence-electron chi connectivity index (χ2n) is 5.95. The molecule has 0 radical (unpaired) electrons. The number of rotatable bonds is 6. The highest BCUT2D eigenvalue weighted by atomic mass is 16.6. The number of aliphatic hydroxyl groups is 1. The largest absolute Gasteiger partial charge is 0.477 e. The molecule has 8 nitrogen and oxygen atoms in total. The van der Waals surface area contributed by atoms with Crippen LogP contribution < -0.4 is 5.32 Å². The number of carboxylic acid groups (broad SMARTS) is 1. The normalized spacial score (nSPS) is 12.8. The number of hydrogen-bond acceptors (Lipinski definition) is 6. The number of aliphatic hydroxyl groups excluding tert-OH is 1. The fraction of sp³-hybridized carbons (Fsp3) is 0.538. The van der Waals surface area contributed by atoms with E-state index >= 15 is 0 Å². The lowest BCUT2D eigenvalue weighted by Crippen LogP contribution is -2.25. The van der Waals surface area contributed by atoms with Crippen LogP contribution in [0.4, 0.5) is 11.5 Å².